The fourth-order valence-electron chi connectivity index (χ4n) is 5.91. The predicted molar refractivity (Wildman–Crippen MR) is 166 cm³/mol. The highest BCUT2D eigenvalue weighted by molar-refractivity contribution is 6.04. The maximum absolute atomic E-state index is 12.9. The van der Waals surface area contributed by atoms with Crippen molar-refractivity contribution in [3.8, 4) is 11.3 Å². The Morgan fingerprint density at radius 2 is 2.02 bits per heavy atom. The molecule has 0 radical (unpaired) electrons. The van der Waals surface area contributed by atoms with Gasteiger partial charge >= 0.3 is 0 Å². The van der Waals surface area contributed by atoms with E-state index in [-0.39, 0.29) is 29.8 Å². The smallest absolute Gasteiger partial charge is 0.256 e. The first-order valence-electron chi connectivity index (χ1n) is 14.5. The van der Waals surface area contributed by atoms with Gasteiger partial charge < -0.3 is 21.7 Å². The highest BCUT2D eigenvalue weighted by Crippen LogP contribution is 2.39. The molecule has 1 aromatic carbocycles. The molecule has 43 heavy (non-hydrogen) atoms. The lowest BCUT2D eigenvalue weighted by Gasteiger charge is -2.16. The number of imidazole rings is 1. The van der Waals surface area contributed by atoms with Crippen molar-refractivity contribution in [1.82, 2.24) is 30.0 Å². The molecule has 0 saturated heterocycles. The molecule has 218 valence electrons. The van der Waals surface area contributed by atoms with E-state index in [1.165, 1.54) is 12.3 Å². The molecule has 1 aliphatic carbocycles. The Balaban J connectivity index is 1.36. The number of nitrogen functional groups attached to an aromatic ring is 1. The Morgan fingerprint density at radius 1 is 1.19 bits per heavy atom. The normalized spacial score (nSPS) is 21.3. The summed E-state index contributed by atoms with van der Waals surface area (Å²) in [5.41, 5.74) is 10.4. The van der Waals surface area contributed by atoms with Gasteiger partial charge in [0.25, 0.3) is 5.91 Å². The number of rotatable bonds is 3. The topological polar surface area (TPSA) is 144 Å². The summed E-state index contributed by atoms with van der Waals surface area (Å²) in [5, 5.41) is 9.40. The van der Waals surface area contributed by atoms with Crippen molar-refractivity contribution in [3.63, 3.8) is 0 Å². The van der Waals surface area contributed by atoms with Gasteiger partial charge in [0.1, 0.15) is 28.7 Å². The van der Waals surface area contributed by atoms with Crippen LogP contribution >= 0.6 is 0 Å². The van der Waals surface area contributed by atoms with Crippen LogP contribution < -0.4 is 21.7 Å². The number of aromatic nitrogens is 4. The van der Waals surface area contributed by atoms with Crippen molar-refractivity contribution in [2.45, 2.75) is 57.0 Å². The highest BCUT2D eigenvalue weighted by atomic mass is 16.2. The molecular weight excluding hydrogens is 542 g/mol. The van der Waals surface area contributed by atoms with Gasteiger partial charge in [-0.2, -0.15) is 0 Å². The van der Waals surface area contributed by atoms with Crippen molar-refractivity contribution in [3.05, 3.63) is 83.4 Å². The quantitative estimate of drug-likeness (QED) is 0.259. The van der Waals surface area contributed by atoms with E-state index in [9.17, 15) is 9.59 Å². The number of carbonyl (C=O) groups excluding carboxylic acids is 2. The first-order chi connectivity index (χ1) is 20.9. The third kappa shape index (κ3) is 5.96. The average Bonchev–Trinajstić information content (AvgIpc) is 3.63. The van der Waals surface area contributed by atoms with Crippen LogP contribution in [0.25, 0.3) is 27.7 Å². The van der Waals surface area contributed by atoms with Crippen LogP contribution in [0.1, 0.15) is 66.8 Å². The van der Waals surface area contributed by atoms with Crippen LogP contribution in [-0.2, 0) is 4.79 Å². The lowest BCUT2D eigenvalue weighted by molar-refractivity contribution is -0.122. The molecule has 1 saturated carbocycles. The third-order valence-electron chi connectivity index (χ3n) is 8.02. The molecule has 6 rings (SSSR count). The van der Waals surface area contributed by atoms with Crippen molar-refractivity contribution in [1.29, 1.82) is 0 Å². The lowest BCUT2D eigenvalue weighted by atomic mass is 10.1. The number of anilines is 2. The minimum absolute atomic E-state index is 0.0675. The summed E-state index contributed by atoms with van der Waals surface area (Å²) in [7, 11) is 0. The molecule has 11 heteroatoms. The Labute approximate surface area is 249 Å². The molecule has 0 spiro atoms. The monoisotopic (exact) mass is 575 g/mol. The molecule has 5 N–H and O–H groups in total. The number of amides is 2. The van der Waals surface area contributed by atoms with Gasteiger partial charge in [0.05, 0.1) is 18.5 Å². The zero-order valence-electron chi connectivity index (χ0n) is 23.9. The molecule has 2 bridgehead atoms. The maximum atomic E-state index is 12.9. The molecule has 0 unspecified atom stereocenters. The van der Waals surface area contributed by atoms with Crippen LogP contribution in [0.15, 0.2) is 54.9 Å². The fraction of sp³-hybridized carbons (Fsp3) is 0.312. The first kappa shape index (κ1) is 28.1. The number of nitrogens with one attached hydrogen (secondary N) is 3. The number of hydrogen-bond donors (Lipinski definition) is 4. The van der Waals surface area contributed by atoms with Crippen LogP contribution in [0, 0.1) is 6.57 Å². The van der Waals surface area contributed by atoms with Gasteiger partial charge in [-0.3, -0.25) is 14.0 Å². The molecule has 2 aliphatic rings. The molecule has 1 fully saturated rings. The molecular formula is C32H33N9O2. The van der Waals surface area contributed by atoms with Crippen molar-refractivity contribution in [2.75, 3.05) is 17.6 Å². The SMILES string of the molecule is [C-]#[N+]c1ccnc(NC(=O)c2ccc(-c3nc4n5c(cnc(N)c35)/C=C/CCN[C@H](C)CC(=O)N[C@@H]3CC[C@@H]4C3)cc2)c1. The van der Waals surface area contributed by atoms with E-state index in [4.69, 9.17) is 17.3 Å². The molecule has 11 nitrogen and oxygen atoms in total. The maximum Gasteiger partial charge on any atom is 0.256 e. The highest BCUT2D eigenvalue weighted by Gasteiger charge is 2.32. The molecule has 3 atom stereocenters. The van der Waals surface area contributed by atoms with Crippen molar-refractivity contribution in [2.24, 2.45) is 0 Å². The van der Waals surface area contributed by atoms with Crippen LogP contribution in [0.3, 0.4) is 0 Å². The summed E-state index contributed by atoms with van der Waals surface area (Å²) in [6.45, 7) is 9.96. The van der Waals surface area contributed by atoms with Gasteiger partial charge in [0, 0.05) is 41.7 Å². The molecule has 4 aromatic rings. The summed E-state index contributed by atoms with van der Waals surface area (Å²) in [5.74, 6) is 1.44. The Bertz CT molecular complexity index is 1750. The van der Waals surface area contributed by atoms with Gasteiger partial charge in [0.2, 0.25) is 5.91 Å². The van der Waals surface area contributed by atoms with E-state index >= 15 is 0 Å². The Kier molecular flexibility index (Phi) is 7.85. The van der Waals surface area contributed by atoms with E-state index in [1.807, 2.05) is 19.1 Å². The Morgan fingerprint density at radius 3 is 2.84 bits per heavy atom. The number of carbonyl (C=O) groups is 2. The summed E-state index contributed by atoms with van der Waals surface area (Å²) >= 11 is 0. The van der Waals surface area contributed by atoms with Gasteiger partial charge in [-0.05, 0) is 69.5 Å². The van der Waals surface area contributed by atoms with Gasteiger partial charge in [-0.15, -0.1) is 0 Å². The third-order valence-corrected chi connectivity index (χ3v) is 8.02. The van der Waals surface area contributed by atoms with Gasteiger partial charge in [-0.25, -0.2) is 19.8 Å². The van der Waals surface area contributed by atoms with E-state index in [0.717, 1.165) is 54.8 Å². The van der Waals surface area contributed by atoms with Crippen LogP contribution in [0.5, 0.6) is 0 Å². The van der Waals surface area contributed by atoms with E-state index < -0.39 is 0 Å². The van der Waals surface area contributed by atoms with E-state index in [2.05, 4.69) is 47.3 Å². The van der Waals surface area contributed by atoms with E-state index in [0.29, 0.717) is 35.0 Å². The number of pyridine rings is 1. The summed E-state index contributed by atoms with van der Waals surface area (Å²) in [6, 6.07) is 10.5. The average molecular weight is 576 g/mol. The second-order valence-electron chi connectivity index (χ2n) is 11.1. The van der Waals surface area contributed by atoms with Gasteiger partial charge in [0.15, 0.2) is 5.69 Å². The number of nitrogens with zero attached hydrogens (tertiary/aromatic N) is 5. The zero-order chi connectivity index (χ0) is 29.9. The van der Waals surface area contributed by atoms with Crippen LogP contribution in [0.2, 0.25) is 0 Å². The predicted octanol–water partition coefficient (Wildman–Crippen LogP) is 4.71. The van der Waals surface area contributed by atoms with Crippen molar-refractivity contribution >= 4 is 40.7 Å². The molecule has 4 heterocycles. The van der Waals surface area contributed by atoms with Crippen LogP contribution in [0.4, 0.5) is 17.3 Å². The molecule has 3 aromatic heterocycles. The summed E-state index contributed by atoms with van der Waals surface area (Å²) in [4.78, 5) is 42.8. The molecule has 2 amide bonds. The standard InChI is InChI=1S/C32H33N9O2/c1-19-15-27(42)38-24-11-10-22(16-24)31-40-28(29-30(33)37-18-25(41(29)31)5-3-4-13-35-19)20-6-8-21(9-7-20)32(43)39-26-17-23(34-2)12-14-36-26/h3,5-9,12,14,17-19,22,24,35H,4,10-11,13,15-16H2,1H3,(H2,33,37)(H,38,42)(H,36,39,43)/b5-3+/t19-,22-,24-/m1/s1. The first-order valence-corrected chi connectivity index (χ1v) is 14.5. The summed E-state index contributed by atoms with van der Waals surface area (Å²) < 4.78 is 2.11. The zero-order valence-corrected chi connectivity index (χ0v) is 23.9. The van der Waals surface area contributed by atoms with Gasteiger partial charge in [-0.1, -0.05) is 18.2 Å². The lowest BCUT2D eigenvalue weighted by Crippen LogP contribution is -2.38. The number of nitrogens with two attached hydrogens (primary N) is 1. The Hall–Kier alpha value is -5.08. The second-order valence-corrected chi connectivity index (χ2v) is 11.1. The molecule has 1 aliphatic heterocycles. The minimum Gasteiger partial charge on any atom is -0.382 e. The fourth-order valence-corrected chi connectivity index (χ4v) is 5.91. The van der Waals surface area contributed by atoms with E-state index in [1.54, 1.807) is 24.4 Å². The number of fused-ring (bicyclic) bond motifs is 3. The summed E-state index contributed by atoms with van der Waals surface area (Å²) in [6.07, 6.45) is 11.2. The number of hydrogen-bond acceptors (Lipinski definition) is 7. The second kappa shape index (κ2) is 12.0. The van der Waals surface area contributed by atoms with Crippen molar-refractivity contribution < 1.29 is 9.59 Å². The minimum atomic E-state index is -0.332. The number of benzene rings is 1. The van der Waals surface area contributed by atoms with Crippen LogP contribution in [-0.4, -0.2) is 49.8 Å². The largest absolute Gasteiger partial charge is 0.382 e.